The molecule has 0 aromatic heterocycles. The van der Waals surface area contributed by atoms with Crippen molar-refractivity contribution in [1.29, 1.82) is 0 Å². The predicted octanol–water partition coefficient (Wildman–Crippen LogP) is -0.0802. The summed E-state index contributed by atoms with van der Waals surface area (Å²) in [7, 11) is 3.79. The smallest absolute Gasteiger partial charge is 0.222 e. The van der Waals surface area contributed by atoms with Crippen molar-refractivity contribution in [1.82, 2.24) is 9.80 Å². The Kier molecular flexibility index (Phi) is 3.89. The number of rotatable bonds is 2. The molecule has 1 amide bonds. The number of likely N-dealkylation sites (tertiary alicyclic amines) is 1. The second-order valence-electron chi connectivity index (χ2n) is 4.04. The molecule has 1 fully saturated rings. The Labute approximate surface area is 85.5 Å². The molecule has 4 heteroatoms. The molecule has 1 N–H and O–H groups in total. The largest absolute Gasteiger partial charge is 0.391 e. The van der Waals surface area contributed by atoms with Crippen LogP contribution in [0.4, 0.5) is 0 Å². The zero-order valence-corrected chi connectivity index (χ0v) is 9.23. The molecule has 0 spiro atoms. The van der Waals surface area contributed by atoms with Crippen molar-refractivity contribution in [2.24, 2.45) is 0 Å². The first-order chi connectivity index (χ1) is 6.56. The normalized spacial score (nSPS) is 28.9. The summed E-state index contributed by atoms with van der Waals surface area (Å²) in [5, 5.41) is 9.78. The lowest BCUT2D eigenvalue weighted by Crippen LogP contribution is -2.54. The minimum absolute atomic E-state index is 0.0406. The van der Waals surface area contributed by atoms with Crippen molar-refractivity contribution in [3.05, 3.63) is 0 Å². The van der Waals surface area contributed by atoms with Crippen LogP contribution in [0, 0.1) is 0 Å². The Balaban J connectivity index is 2.59. The van der Waals surface area contributed by atoms with Gasteiger partial charge in [-0.05, 0) is 13.5 Å². The lowest BCUT2D eigenvalue weighted by Gasteiger charge is -2.39. The van der Waals surface area contributed by atoms with E-state index < -0.39 is 0 Å². The average Bonchev–Trinajstić information content (AvgIpc) is 2.19. The summed E-state index contributed by atoms with van der Waals surface area (Å²) in [4.78, 5) is 15.3. The number of piperidine rings is 1. The number of aliphatic hydroxyl groups excluding tert-OH is 1. The molecule has 0 radical (unpaired) electrons. The molecule has 2 atom stereocenters. The molecule has 1 rings (SSSR count). The quantitative estimate of drug-likeness (QED) is 0.678. The van der Waals surface area contributed by atoms with Crippen LogP contribution in [0.1, 0.15) is 19.8 Å². The Bertz CT molecular complexity index is 208. The fourth-order valence-corrected chi connectivity index (χ4v) is 1.89. The Morgan fingerprint density at radius 3 is 2.86 bits per heavy atom. The van der Waals surface area contributed by atoms with Gasteiger partial charge in [-0.25, -0.2) is 0 Å². The second-order valence-corrected chi connectivity index (χ2v) is 4.04. The molecule has 0 aromatic rings. The highest BCUT2D eigenvalue weighted by atomic mass is 16.3. The van der Waals surface area contributed by atoms with Crippen LogP contribution >= 0.6 is 0 Å². The van der Waals surface area contributed by atoms with E-state index in [0.29, 0.717) is 6.42 Å². The Hall–Kier alpha value is -0.610. The highest BCUT2D eigenvalue weighted by molar-refractivity contribution is 5.75. The second kappa shape index (κ2) is 4.75. The van der Waals surface area contributed by atoms with E-state index in [0.717, 1.165) is 19.5 Å². The van der Waals surface area contributed by atoms with Crippen LogP contribution < -0.4 is 0 Å². The number of hydrogen-bond donors (Lipinski definition) is 1. The monoisotopic (exact) mass is 200 g/mol. The van der Waals surface area contributed by atoms with E-state index in [1.165, 1.54) is 0 Å². The summed E-state index contributed by atoms with van der Waals surface area (Å²) in [5.74, 6) is 0.101. The number of hydrogen-bond acceptors (Lipinski definition) is 3. The van der Waals surface area contributed by atoms with Gasteiger partial charge in [-0.2, -0.15) is 0 Å². The standard InChI is InChI=1S/C10H20N2O2/c1-4-10(14)12(3)8-7-11(2)6-5-9(8)13/h8-9,13H,4-7H2,1-3H3/t8-,9?/m0/s1. The summed E-state index contributed by atoms with van der Waals surface area (Å²) < 4.78 is 0. The van der Waals surface area contributed by atoms with Crippen LogP contribution in [0.25, 0.3) is 0 Å². The van der Waals surface area contributed by atoms with Crippen LogP contribution in [0.2, 0.25) is 0 Å². The van der Waals surface area contributed by atoms with Gasteiger partial charge in [0, 0.05) is 26.6 Å². The lowest BCUT2D eigenvalue weighted by molar-refractivity contribution is -0.135. The third-order valence-electron chi connectivity index (χ3n) is 2.94. The van der Waals surface area contributed by atoms with Crippen molar-refractivity contribution in [2.45, 2.75) is 31.9 Å². The Morgan fingerprint density at radius 1 is 1.64 bits per heavy atom. The zero-order chi connectivity index (χ0) is 10.7. The van der Waals surface area contributed by atoms with Gasteiger partial charge in [-0.15, -0.1) is 0 Å². The first-order valence-corrected chi connectivity index (χ1v) is 5.18. The molecule has 1 unspecified atom stereocenters. The van der Waals surface area contributed by atoms with Crippen molar-refractivity contribution < 1.29 is 9.90 Å². The van der Waals surface area contributed by atoms with Crippen molar-refractivity contribution in [3.8, 4) is 0 Å². The molecule has 1 aliphatic heterocycles. The first-order valence-electron chi connectivity index (χ1n) is 5.18. The lowest BCUT2D eigenvalue weighted by atomic mass is 10.0. The molecule has 1 aliphatic rings. The number of carbonyl (C=O) groups excluding carboxylic acids is 1. The first kappa shape index (κ1) is 11.5. The molecule has 0 aromatic carbocycles. The highest BCUT2D eigenvalue weighted by Gasteiger charge is 2.30. The summed E-state index contributed by atoms with van der Waals surface area (Å²) in [6.45, 7) is 3.52. The third kappa shape index (κ3) is 2.45. The fourth-order valence-electron chi connectivity index (χ4n) is 1.89. The SMILES string of the molecule is CCC(=O)N(C)[C@H]1CN(C)CCC1O. The van der Waals surface area contributed by atoms with E-state index in [1.807, 2.05) is 14.0 Å². The number of carbonyl (C=O) groups is 1. The zero-order valence-electron chi connectivity index (χ0n) is 9.23. The van der Waals surface area contributed by atoms with Crippen LogP contribution in [0.15, 0.2) is 0 Å². The summed E-state index contributed by atoms with van der Waals surface area (Å²) in [6.07, 6.45) is 0.887. The minimum Gasteiger partial charge on any atom is -0.391 e. The van der Waals surface area contributed by atoms with Gasteiger partial charge in [0.2, 0.25) is 5.91 Å². The molecule has 1 heterocycles. The minimum atomic E-state index is -0.369. The van der Waals surface area contributed by atoms with Gasteiger partial charge in [0.1, 0.15) is 0 Å². The van der Waals surface area contributed by atoms with Crippen molar-refractivity contribution in [3.63, 3.8) is 0 Å². The highest BCUT2D eigenvalue weighted by Crippen LogP contribution is 2.14. The molecule has 4 nitrogen and oxygen atoms in total. The summed E-state index contributed by atoms with van der Waals surface area (Å²) in [6, 6.07) is -0.0406. The Morgan fingerprint density at radius 2 is 2.29 bits per heavy atom. The summed E-state index contributed by atoms with van der Waals surface area (Å²) >= 11 is 0. The van der Waals surface area contributed by atoms with Crippen LogP contribution in [-0.4, -0.2) is 60.1 Å². The maximum absolute atomic E-state index is 11.5. The fraction of sp³-hybridized carbons (Fsp3) is 0.900. The predicted molar refractivity (Wildman–Crippen MR) is 55.0 cm³/mol. The molecule has 0 saturated carbocycles. The van der Waals surface area contributed by atoms with E-state index in [4.69, 9.17) is 0 Å². The molecule has 0 aliphatic carbocycles. The van der Waals surface area contributed by atoms with E-state index in [-0.39, 0.29) is 18.1 Å². The van der Waals surface area contributed by atoms with Gasteiger partial charge in [0.05, 0.1) is 12.1 Å². The van der Waals surface area contributed by atoms with Crippen LogP contribution in [-0.2, 0) is 4.79 Å². The van der Waals surface area contributed by atoms with Crippen molar-refractivity contribution >= 4 is 5.91 Å². The van der Waals surface area contributed by atoms with Gasteiger partial charge >= 0.3 is 0 Å². The topological polar surface area (TPSA) is 43.8 Å². The number of aliphatic hydroxyl groups is 1. The number of amides is 1. The van der Waals surface area contributed by atoms with Gasteiger partial charge < -0.3 is 14.9 Å². The van der Waals surface area contributed by atoms with Crippen LogP contribution in [0.5, 0.6) is 0 Å². The molecular weight excluding hydrogens is 180 g/mol. The molecule has 14 heavy (non-hydrogen) atoms. The molecule has 1 saturated heterocycles. The maximum Gasteiger partial charge on any atom is 0.222 e. The van der Waals surface area contributed by atoms with Crippen LogP contribution in [0.3, 0.4) is 0 Å². The molecule has 82 valence electrons. The molecular formula is C10H20N2O2. The number of likely N-dealkylation sites (N-methyl/N-ethyl adjacent to an activating group) is 2. The van der Waals surface area contributed by atoms with E-state index in [2.05, 4.69) is 4.90 Å². The summed E-state index contributed by atoms with van der Waals surface area (Å²) in [5.41, 5.74) is 0. The number of nitrogens with zero attached hydrogens (tertiary/aromatic N) is 2. The third-order valence-corrected chi connectivity index (χ3v) is 2.94. The average molecular weight is 200 g/mol. The van der Waals surface area contributed by atoms with E-state index >= 15 is 0 Å². The van der Waals surface area contributed by atoms with Gasteiger partial charge in [0.25, 0.3) is 0 Å². The van der Waals surface area contributed by atoms with E-state index in [9.17, 15) is 9.90 Å². The maximum atomic E-state index is 11.5. The van der Waals surface area contributed by atoms with Gasteiger partial charge in [-0.3, -0.25) is 4.79 Å². The van der Waals surface area contributed by atoms with Gasteiger partial charge in [0.15, 0.2) is 0 Å². The van der Waals surface area contributed by atoms with Gasteiger partial charge in [-0.1, -0.05) is 6.92 Å². The van der Waals surface area contributed by atoms with E-state index in [1.54, 1.807) is 11.9 Å². The molecule has 0 bridgehead atoms. The van der Waals surface area contributed by atoms with Crippen molar-refractivity contribution in [2.75, 3.05) is 27.2 Å².